The molecule has 0 aliphatic rings. The smallest absolute Gasteiger partial charge is 0.247 e. The summed E-state index contributed by atoms with van der Waals surface area (Å²) in [6.45, 7) is 0.659. The number of hydrogen-bond acceptors (Lipinski definition) is 4. The molecule has 106 valence electrons. The summed E-state index contributed by atoms with van der Waals surface area (Å²) in [5.74, 6) is 0.512. The monoisotopic (exact) mass is 363 g/mol. The molecular weight excluding hydrogens is 354 g/mol. The Bertz CT molecular complexity index is 729. The summed E-state index contributed by atoms with van der Waals surface area (Å²) < 4.78 is 6.12. The van der Waals surface area contributed by atoms with Crippen LogP contribution in [0.4, 0.5) is 5.69 Å². The van der Waals surface area contributed by atoms with Crippen molar-refractivity contribution in [2.75, 3.05) is 5.32 Å². The van der Waals surface area contributed by atoms with Crippen LogP contribution in [0.1, 0.15) is 5.56 Å². The van der Waals surface area contributed by atoms with Crippen molar-refractivity contribution in [1.82, 2.24) is 10.2 Å². The molecule has 0 saturated heterocycles. The topological polar surface area (TPSA) is 51.0 Å². The molecule has 0 radical (unpaired) electrons. The van der Waals surface area contributed by atoms with Gasteiger partial charge < -0.3 is 9.73 Å². The number of nitrogens with one attached hydrogen (secondary N) is 1. The van der Waals surface area contributed by atoms with Gasteiger partial charge in [-0.1, -0.05) is 33.6 Å². The third kappa shape index (κ3) is 3.43. The molecule has 0 spiro atoms. The maximum Gasteiger partial charge on any atom is 0.247 e. The summed E-state index contributed by atoms with van der Waals surface area (Å²) in [6.07, 6.45) is 1.32. The Kier molecular flexibility index (Phi) is 4.22. The first-order valence-corrected chi connectivity index (χ1v) is 7.44. The summed E-state index contributed by atoms with van der Waals surface area (Å²) >= 11 is 9.59. The highest BCUT2D eigenvalue weighted by molar-refractivity contribution is 9.10. The average molecular weight is 365 g/mol. The fourth-order valence-electron chi connectivity index (χ4n) is 1.89. The van der Waals surface area contributed by atoms with Crippen molar-refractivity contribution in [3.63, 3.8) is 0 Å². The zero-order valence-electron chi connectivity index (χ0n) is 10.9. The van der Waals surface area contributed by atoms with Crippen molar-refractivity contribution in [2.45, 2.75) is 6.54 Å². The maximum atomic E-state index is 6.19. The van der Waals surface area contributed by atoms with Crippen molar-refractivity contribution in [2.24, 2.45) is 0 Å². The van der Waals surface area contributed by atoms with Crippen LogP contribution >= 0.6 is 27.5 Å². The first kappa shape index (κ1) is 14.1. The van der Waals surface area contributed by atoms with Crippen molar-refractivity contribution in [3.8, 4) is 11.5 Å². The van der Waals surface area contributed by atoms with E-state index in [0.717, 1.165) is 26.3 Å². The van der Waals surface area contributed by atoms with Gasteiger partial charge in [0.2, 0.25) is 12.3 Å². The Morgan fingerprint density at radius 3 is 2.62 bits per heavy atom. The van der Waals surface area contributed by atoms with Gasteiger partial charge in [-0.2, -0.15) is 0 Å². The molecule has 0 fully saturated rings. The summed E-state index contributed by atoms with van der Waals surface area (Å²) in [7, 11) is 0. The van der Waals surface area contributed by atoms with Crippen molar-refractivity contribution in [3.05, 3.63) is 63.9 Å². The Morgan fingerprint density at radius 1 is 1.14 bits per heavy atom. The number of hydrogen-bond donors (Lipinski definition) is 1. The molecule has 3 aromatic rings. The third-order valence-electron chi connectivity index (χ3n) is 2.99. The number of nitrogens with zero attached hydrogens (tertiary/aromatic N) is 2. The summed E-state index contributed by atoms with van der Waals surface area (Å²) in [4.78, 5) is 0. The molecule has 0 aliphatic carbocycles. The van der Waals surface area contributed by atoms with Crippen LogP contribution in [0.25, 0.3) is 11.5 Å². The largest absolute Gasteiger partial charge is 0.423 e. The third-order valence-corrected chi connectivity index (χ3v) is 3.84. The minimum Gasteiger partial charge on any atom is -0.423 e. The molecule has 21 heavy (non-hydrogen) atoms. The second-order valence-electron chi connectivity index (χ2n) is 4.41. The lowest BCUT2D eigenvalue weighted by molar-refractivity contribution is 0.568. The lowest BCUT2D eigenvalue weighted by atomic mass is 10.2. The van der Waals surface area contributed by atoms with Gasteiger partial charge in [0.15, 0.2) is 0 Å². The van der Waals surface area contributed by atoms with E-state index in [1.807, 2.05) is 42.5 Å². The van der Waals surface area contributed by atoms with Crippen LogP contribution in [-0.2, 0) is 6.54 Å². The molecule has 3 rings (SSSR count). The number of aromatic nitrogens is 2. The van der Waals surface area contributed by atoms with Gasteiger partial charge in [0, 0.05) is 27.3 Å². The van der Waals surface area contributed by atoms with Crippen molar-refractivity contribution >= 4 is 33.2 Å². The highest BCUT2D eigenvalue weighted by Gasteiger charge is 2.04. The average Bonchev–Trinajstić information content (AvgIpc) is 3.01. The highest BCUT2D eigenvalue weighted by Crippen LogP contribution is 2.23. The molecule has 0 saturated carbocycles. The van der Waals surface area contributed by atoms with E-state index in [1.54, 1.807) is 0 Å². The van der Waals surface area contributed by atoms with E-state index in [4.69, 9.17) is 16.0 Å². The maximum absolute atomic E-state index is 6.19. The van der Waals surface area contributed by atoms with Crippen molar-refractivity contribution in [1.29, 1.82) is 0 Å². The molecule has 0 atom stereocenters. The van der Waals surface area contributed by atoms with E-state index in [0.29, 0.717) is 12.4 Å². The Balaban J connectivity index is 1.68. The van der Waals surface area contributed by atoms with E-state index >= 15 is 0 Å². The van der Waals surface area contributed by atoms with Gasteiger partial charge in [-0.15, -0.1) is 10.2 Å². The van der Waals surface area contributed by atoms with Crippen LogP contribution in [-0.4, -0.2) is 10.2 Å². The van der Waals surface area contributed by atoms with Gasteiger partial charge >= 0.3 is 0 Å². The Hall–Kier alpha value is -1.85. The van der Waals surface area contributed by atoms with Crippen LogP contribution in [0, 0.1) is 0 Å². The highest BCUT2D eigenvalue weighted by atomic mass is 79.9. The summed E-state index contributed by atoms with van der Waals surface area (Å²) in [5, 5.41) is 11.6. The first-order chi connectivity index (χ1) is 10.2. The van der Waals surface area contributed by atoms with Crippen LogP contribution in [0.5, 0.6) is 0 Å². The molecule has 1 N–H and O–H groups in total. The van der Waals surface area contributed by atoms with Crippen molar-refractivity contribution < 1.29 is 4.42 Å². The lowest BCUT2D eigenvalue weighted by Gasteiger charge is -2.08. The summed E-state index contributed by atoms with van der Waals surface area (Å²) in [6, 6.07) is 13.6. The molecule has 4 nitrogen and oxygen atoms in total. The van der Waals surface area contributed by atoms with E-state index in [2.05, 4.69) is 31.4 Å². The quantitative estimate of drug-likeness (QED) is 0.725. The lowest BCUT2D eigenvalue weighted by Crippen LogP contribution is -1.99. The zero-order chi connectivity index (χ0) is 14.7. The number of benzene rings is 2. The van der Waals surface area contributed by atoms with Gasteiger partial charge in [0.05, 0.1) is 0 Å². The molecule has 0 bridgehead atoms. The predicted octanol–water partition coefficient (Wildman–Crippen LogP) is 4.76. The van der Waals surface area contributed by atoms with Crippen LogP contribution in [0.15, 0.2) is 57.7 Å². The zero-order valence-corrected chi connectivity index (χ0v) is 13.2. The predicted molar refractivity (Wildman–Crippen MR) is 86.2 cm³/mol. The molecule has 6 heteroatoms. The minimum absolute atomic E-state index is 0.512. The summed E-state index contributed by atoms with van der Waals surface area (Å²) in [5.41, 5.74) is 2.93. The Morgan fingerprint density at radius 2 is 1.95 bits per heavy atom. The van der Waals surface area contributed by atoms with Crippen LogP contribution in [0.2, 0.25) is 5.02 Å². The number of anilines is 1. The fraction of sp³-hybridized carbons (Fsp3) is 0.0667. The van der Waals surface area contributed by atoms with E-state index in [-0.39, 0.29) is 0 Å². The standard InChI is InChI=1S/C15H11BrClN3O/c16-12-4-1-11(14(17)7-12)8-18-13-5-2-10(3-6-13)15-20-19-9-21-15/h1-7,9,18H,8H2. The number of rotatable bonds is 4. The molecule has 0 aliphatic heterocycles. The van der Waals surface area contributed by atoms with Crippen LogP contribution in [0.3, 0.4) is 0 Å². The van der Waals surface area contributed by atoms with E-state index in [1.165, 1.54) is 6.39 Å². The van der Waals surface area contributed by atoms with Gasteiger partial charge in [-0.05, 0) is 42.0 Å². The fourth-order valence-corrected chi connectivity index (χ4v) is 2.63. The van der Waals surface area contributed by atoms with E-state index < -0.39 is 0 Å². The Labute approximate surface area is 135 Å². The molecule has 0 amide bonds. The molecule has 1 heterocycles. The van der Waals surface area contributed by atoms with Crippen LogP contribution < -0.4 is 5.32 Å². The number of halogens is 2. The molecule has 2 aromatic carbocycles. The molecule has 1 aromatic heterocycles. The first-order valence-electron chi connectivity index (χ1n) is 6.27. The molecule has 0 unspecified atom stereocenters. The SMILES string of the molecule is Clc1cc(Br)ccc1CNc1ccc(-c2nnco2)cc1. The molecular formula is C15H11BrClN3O. The van der Waals surface area contributed by atoms with Gasteiger partial charge in [0.1, 0.15) is 0 Å². The van der Waals surface area contributed by atoms with E-state index in [9.17, 15) is 0 Å². The minimum atomic E-state index is 0.512. The van der Waals surface area contributed by atoms with Gasteiger partial charge in [0.25, 0.3) is 0 Å². The second-order valence-corrected chi connectivity index (χ2v) is 5.73. The van der Waals surface area contributed by atoms with Gasteiger partial charge in [-0.25, -0.2) is 0 Å². The van der Waals surface area contributed by atoms with Gasteiger partial charge in [-0.3, -0.25) is 0 Å². The normalized spacial score (nSPS) is 10.6. The second kappa shape index (κ2) is 6.28.